The molecule has 0 bridgehead atoms. The molecule has 1 aromatic carbocycles. The van der Waals surface area contributed by atoms with Gasteiger partial charge >= 0.3 is 6.09 Å². The highest BCUT2D eigenvalue weighted by Gasteiger charge is 2.19. The van der Waals surface area contributed by atoms with E-state index in [-0.39, 0.29) is 22.5 Å². The number of amides is 1. The lowest BCUT2D eigenvalue weighted by molar-refractivity contribution is 0.201. The second-order valence-corrected chi connectivity index (χ2v) is 4.81. The highest BCUT2D eigenvalue weighted by atomic mass is 35.5. The second-order valence-electron chi connectivity index (χ2n) is 4.06. The predicted octanol–water partition coefficient (Wildman–Crippen LogP) is 3.48. The maximum Gasteiger partial charge on any atom is 0.412 e. The second kappa shape index (κ2) is 6.60. The van der Waals surface area contributed by atoms with Crippen molar-refractivity contribution in [3.05, 3.63) is 46.2 Å². The van der Waals surface area contributed by atoms with Crippen LogP contribution in [0.15, 0.2) is 30.3 Å². The molecule has 2 rings (SSSR count). The van der Waals surface area contributed by atoms with Gasteiger partial charge in [0.1, 0.15) is 5.75 Å². The van der Waals surface area contributed by atoms with E-state index in [9.17, 15) is 9.90 Å². The Hall–Kier alpha value is -2.05. The number of benzene rings is 1. The Balaban J connectivity index is 2.30. The summed E-state index contributed by atoms with van der Waals surface area (Å²) in [5, 5.41) is 16.6. The van der Waals surface area contributed by atoms with E-state index in [0.29, 0.717) is 5.75 Å². The summed E-state index contributed by atoms with van der Waals surface area (Å²) in [5.74, 6) is 0.687. The molecule has 1 aromatic heterocycles. The van der Waals surface area contributed by atoms with Gasteiger partial charge in [-0.2, -0.15) is 0 Å². The number of ether oxygens (including phenoxy) is 1. The number of carbonyl (C=O) groups is 1. The summed E-state index contributed by atoms with van der Waals surface area (Å²) in [6.07, 6.45) is -1.17. The van der Waals surface area contributed by atoms with Crippen LogP contribution in [0.3, 0.4) is 0 Å². The van der Waals surface area contributed by atoms with Crippen molar-refractivity contribution in [2.45, 2.75) is 6.54 Å². The van der Waals surface area contributed by atoms with Crippen LogP contribution in [0.1, 0.15) is 5.56 Å². The van der Waals surface area contributed by atoms with Crippen LogP contribution < -0.4 is 9.64 Å². The number of carboxylic acid groups (broad SMARTS) is 1. The third-order valence-corrected chi connectivity index (χ3v) is 3.18. The standard InChI is InChI=1S/C13H11Cl2N3O3/c1-21-9-4-2-8(3-5-9)7-18(13(19)20)10-6-11(14)16-17-12(10)15/h2-6H,7H2,1H3,(H,19,20). The Kier molecular flexibility index (Phi) is 4.82. The van der Waals surface area contributed by atoms with Gasteiger partial charge in [0.15, 0.2) is 10.3 Å². The monoisotopic (exact) mass is 327 g/mol. The highest BCUT2D eigenvalue weighted by Crippen LogP contribution is 2.27. The molecule has 0 radical (unpaired) electrons. The van der Waals surface area contributed by atoms with E-state index in [1.54, 1.807) is 31.4 Å². The summed E-state index contributed by atoms with van der Waals surface area (Å²) in [6, 6.07) is 8.37. The number of hydrogen-bond donors (Lipinski definition) is 1. The lowest BCUT2D eigenvalue weighted by Gasteiger charge is -2.20. The number of methoxy groups -OCH3 is 1. The first-order valence-corrected chi connectivity index (χ1v) is 6.59. The first-order chi connectivity index (χ1) is 10.0. The Morgan fingerprint density at radius 3 is 2.52 bits per heavy atom. The quantitative estimate of drug-likeness (QED) is 0.930. The number of aromatic nitrogens is 2. The Bertz CT molecular complexity index is 650. The van der Waals surface area contributed by atoms with Gasteiger partial charge in [0, 0.05) is 6.07 Å². The van der Waals surface area contributed by atoms with Gasteiger partial charge in [-0.1, -0.05) is 35.3 Å². The highest BCUT2D eigenvalue weighted by molar-refractivity contribution is 6.33. The van der Waals surface area contributed by atoms with Gasteiger partial charge in [-0.25, -0.2) is 4.79 Å². The molecule has 0 spiro atoms. The van der Waals surface area contributed by atoms with Gasteiger partial charge in [0.05, 0.1) is 19.3 Å². The van der Waals surface area contributed by atoms with Crippen molar-refractivity contribution in [3.63, 3.8) is 0 Å². The van der Waals surface area contributed by atoms with Crippen molar-refractivity contribution in [1.29, 1.82) is 0 Å². The summed E-state index contributed by atoms with van der Waals surface area (Å²) in [5.41, 5.74) is 0.946. The minimum absolute atomic E-state index is 0.0321. The zero-order valence-corrected chi connectivity index (χ0v) is 12.5. The first kappa shape index (κ1) is 15.3. The molecule has 1 N–H and O–H groups in total. The molecule has 1 heterocycles. The number of nitrogens with zero attached hydrogens (tertiary/aromatic N) is 3. The van der Waals surface area contributed by atoms with Crippen LogP contribution in [0.2, 0.25) is 10.3 Å². The molecule has 0 saturated carbocycles. The van der Waals surface area contributed by atoms with Gasteiger partial charge in [0.25, 0.3) is 0 Å². The molecule has 21 heavy (non-hydrogen) atoms. The van der Waals surface area contributed by atoms with Crippen molar-refractivity contribution < 1.29 is 14.6 Å². The van der Waals surface area contributed by atoms with Crippen molar-refractivity contribution in [3.8, 4) is 5.75 Å². The average molecular weight is 328 g/mol. The molecule has 2 aromatic rings. The molecular weight excluding hydrogens is 317 g/mol. The maximum absolute atomic E-state index is 11.4. The summed E-state index contributed by atoms with van der Waals surface area (Å²) in [7, 11) is 1.56. The largest absolute Gasteiger partial charge is 0.497 e. The Labute approximate surface area is 130 Å². The Morgan fingerprint density at radius 2 is 1.95 bits per heavy atom. The molecule has 8 heteroatoms. The fourth-order valence-corrected chi connectivity index (χ4v) is 2.04. The van der Waals surface area contributed by atoms with Crippen LogP contribution in [0.5, 0.6) is 5.75 Å². The molecule has 0 saturated heterocycles. The molecular formula is C13H11Cl2N3O3. The first-order valence-electron chi connectivity index (χ1n) is 5.83. The van der Waals surface area contributed by atoms with Crippen LogP contribution in [0.25, 0.3) is 0 Å². The molecule has 110 valence electrons. The maximum atomic E-state index is 11.4. The van der Waals surface area contributed by atoms with Gasteiger partial charge in [-0.15, -0.1) is 10.2 Å². The molecule has 0 aliphatic carbocycles. The third kappa shape index (κ3) is 3.74. The fourth-order valence-electron chi connectivity index (χ4n) is 1.70. The van der Waals surface area contributed by atoms with E-state index in [0.717, 1.165) is 10.5 Å². The molecule has 0 unspecified atom stereocenters. The summed E-state index contributed by atoms with van der Waals surface area (Å²) in [6.45, 7) is 0.0983. The lowest BCUT2D eigenvalue weighted by Crippen LogP contribution is -2.29. The number of anilines is 1. The minimum atomic E-state index is -1.17. The molecule has 6 nitrogen and oxygen atoms in total. The van der Waals surface area contributed by atoms with Gasteiger partial charge in [-0.3, -0.25) is 4.90 Å². The smallest absolute Gasteiger partial charge is 0.412 e. The van der Waals surface area contributed by atoms with Crippen LogP contribution in [-0.2, 0) is 6.54 Å². The fraction of sp³-hybridized carbons (Fsp3) is 0.154. The molecule has 0 aliphatic rings. The SMILES string of the molecule is COc1ccc(CN(C(=O)O)c2cc(Cl)nnc2Cl)cc1. The summed E-state index contributed by atoms with van der Waals surface area (Å²) >= 11 is 11.6. The number of halogens is 2. The molecule has 0 aliphatic heterocycles. The molecule has 0 atom stereocenters. The number of rotatable bonds is 4. The topological polar surface area (TPSA) is 75.5 Å². The summed E-state index contributed by atoms with van der Waals surface area (Å²) < 4.78 is 5.05. The zero-order chi connectivity index (χ0) is 15.4. The molecule has 0 fully saturated rings. The minimum Gasteiger partial charge on any atom is -0.497 e. The lowest BCUT2D eigenvalue weighted by atomic mass is 10.2. The third-order valence-electron chi connectivity index (χ3n) is 2.72. The predicted molar refractivity (Wildman–Crippen MR) is 79.3 cm³/mol. The number of hydrogen-bond acceptors (Lipinski definition) is 4. The van der Waals surface area contributed by atoms with Crippen molar-refractivity contribution in [2.24, 2.45) is 0 Å². The van der Waals surface area contributed by atoms with Crippen LogP contribution in [-0.4, -0.2) is 28.5 Å². The van der Waals surface area contributed by atoms with Crippen LogP contribution in [0.4, 0.5) is 10.5 Å². The Morgan fingerprint density at radius 1 is 1.29 bits per heavy atom. The summed E-state index contributed by atoms with van der Waals surface area (Å²) in [4.78, 5) is 12.5. The van der Waals surface area contributed by atoms with Crippen LogP contribution in [0, 0.1) is 0 Å². The zero-order valence-electron chi connectivity index (χ0n) is 11.0. The van der Waals surface area contributed by atoms with Gasteiger partial charge in [-0.05, 0) is 17.7 Å². The van der Waals surface area contributed by atoms with Gasteiger partial charge in [0.2, 0.25) is 0 Å². The van der Waals surface area contributed by atoms with E-state index >= 15 is 0 Å². The average Bonchev–Trinajstić information content (AvgIpc) is 2.48. The normalized spacial score (nSPS) is 10.2. The van der Waals surface area contributed by atoms with Crippen molar-refractivity contribution in [2.75, 3.05) is 12.0 Å². The van der Waals surface area contributed by atoms with Gasteiger partial charge < -0.3 is 9.84 Å². The van der Waals surface area contributed by atoms with E-state index in [2.05, 4.69) is 10.2 Å². The van der Waals surface area contributed by atoms with E-state index in [4.69, 9.17) is 27.9 Å². The van der Waals surface area contributed by atoms with Crippen molar-refractivity contribution in [1.82, 2.24) is 10.2 Å². The van der Waals surface area contributed by atoms with E-state index in [1.165, 1.54) is 6.07 Å². The molecule has 1 amide bonds. The van der Waals surface area contributed by atoms with E-state index in [1.807, 2.05) is 0 Å². The van der Waals surface area contributed by atoms with E-state index < -0.39 is 6.09 Å². The van der Waals surface area contributed by atoms with Crippen molar-refractivity contribution >= 4 is 35.0 Å². The van der Waals surface area contributed by atoms with Crippen LogP contribution >= 0.6 is 23.2 Å².